The van der Waals surface area contributed by atoms with Crippen LogP contribution in [0.5, 0.6) is 11.5 Å². The highest BCUT2D eigenvalue weighted by Gasteiger charge is 2.30. The van der Waals surface area contributed by atoms with Gasteiger partial charge in [-0.1, -0.05) is 6.07 Å². The van der Waals surface area contributed by atoms with Crippen LogP contribution < -0.4 is 15.8 Å². The van der Waals surface area contributed by atoms with Gasteiger partial charge in [0.15, 0.2) is 11.6 Å². The number of halogens is 1. The van der Waals surface area contributed by atoms with Crippen molar-refractivity contribution in [1.82, 2.24) is 20.2 Å². The Bertz CT molecular complexity index is 1150. The van der Waals surface area contributed by atoms with E-state index in [-0.39, 0.29) is 18.1 Å². The van der Waals surface area contributed by atoms with Gasteiger partial charge in [0.1, 0.15) is 11.4 Å². The Balaban J connectivity index is 1.20. The van der Waals surface area contributed by atoms with Crippen molar-refractivity contribution < 1.29 is 13.9 Å². The molecule has 174 valence electrons. The lowest BCUT2D eigenvalue weighted by atomic mass is 10.0. The molecular formula is C25H30FN5O2. The molecule has 8 heteroatoms. The molecule has 4 N–H and O–H groups in total. The van der Waals surface area contributed by atoms with E-state index in [0.717, 1.165) is 36.9 Å². The zero-order chi connectivity index (χ0) is 22.9. The Kier molecular flexibility index (Phi) is 6.03. The van der Waals surface area contributed by atoms with E-state index in [9.17, 15) is 9.18 Å². The summed E-state index contributed by atoms with van der Waals surface area (Å²) in [6.07, 6.45) is 8.19. The lowest BCUT2D eigenvalue weighted by Crippen LogP contribution is -2.51. The van der Waals surface area contributed by atoms with Crippen LogP contribution in [0.15, 0.2) is 36.7 Å². The van der Waals surface area contributed by atoms with Gasteiger partial charge in [-0.15, -0.1) is 0 Å². The molecular weight excluding hydrogens is 421 g/mol. The minimum absolute atomic E-state index is 0.0669. The summed E-state index contributed by atoms with van der Waals surface area (Å²) in [5.41, 5.74) is 8.55. The summed E-state index contributed by atoms with van der Waals surface area (Å²) in [6, 6.07) is 6.95. The zero-order valence-electron chi connectivity index (χ0n) is 18.8. The quantitative estimate of drug-likeness (QED) is 0.512. The third-order valence-electron chi connectivity index (χ3n) is 6.58. The summed E-state index contributed by atoms with van der Waals surface area (Å²) >= 11 is 0. The Morgan fingerprint density at radius 1 is 1.24 bits per heavy atom. The number of ether oxygens (including phenoxy) is 1. The Labute approximate surface area is 192 Å². The van der Waals surface area contributed by atoms with E-state index in [2.05, 4.69) is 15.3 Å². The van der Waals surface area contributed by atoms with Gasteiger partial charge in [0, 0.05) is 37.6 Å². The van der Waals surface area contributed by atoms with Gasteiger partial charge in [-0.25, -0.2) is 9.37 Å². The molecule has 1 amide bonds. The molecule has 1 saturated carbocycles. The number of aromatic amines is 1. The van der Waals surface area contributed by atoms with Gasteiger partial charge in [0.05, 0.1) is 11.4 Å². The van der Waals surface area contributed by atoms with Crippen molar-refractivity contribution in [2.75, 3.05) is 13.1 Å². The summed E-state index contributed by atoms with van der Waals surface area (Å²) in [5.74, 6) is 0.105. The molecule has 3 heterocycles. The average molecular weight is 452 g/mol. The van der Waals surface area contributed by atoms with Gasteiger partial charge in [-0.3, -0.25) is 4.79 Å². The van der Waals surface area contributed by atoms with Crippen molar-refractivity contribution in [3.05, 3.63) is 53.6 Å². The molecule has 2 aliphatic rings. The molecule has 0 radical (unpaired) electrons. The van der Waals surface area contributed by atoms with Crippen molar-refractivity contribution in [2.45, 2.75) is 57.2 Å². The molecule has 1 aromatic carbocycles. The number of piperidine rings is 1. The molecule has 7 nitrogen and oxygen atoms in total. The maximum Gasteiger partial charge on any atom is 0.239 e. The van der Waals surface area contributed by atoms with Crippen molar-refractivity contribution >= 4 is 16.9 Å². The summed E-state index contributed by atoms with van der Waals surface area (Å²) in [7, 11) is 0. The van der Waals surface area contributed by atoms with Crippen molar-refractivity contribution in [1.29, 1.82) is 0 Å². The molecule has 1 unspecified atom stereocenters. The Morgan fingerprint density at radius 2 is 2.00 bits per heavy atom. The Hall–Kier alpha value is -2.97. The van der Waals surface area contributed by atoms with Gasteiger partial charge in [-0.2, -0.15) is 0 Å². The second kappa shape index (κ2) is 9.11. The number of aromatic nitrogens is 2. The number of nitrogens with two attached hydrogens (primary N) is 1. The van der Waals surface area contributed by atoms with Crippen molar-refractivity contribution in [3.63, 3.8) is 0 Å². The van der Waals surface area contributed by atoms with Gasteiger partial charge < -0.3 is 25.7 Å². The number of carbonyl (C=O) groups excluding carboxylic acids is 1. The summed E-state index contributed by atoms with van der Waals surface area (Å²) < 4.78 is 20.7. The predicted molar refractivity (Wildman–Crippen MR) is 125 cm³/mol. The lowest BCUT2D eigenvalue weighted by molar-refractivity contribution is -0.133. The molecule has 0 bridgehead atoms. The highest BCUT2D eigenvalue weighted by molar-refractivity contribution is 5.86. The third-order valence-corrected chi connectivity index (χ3v) is 6.58. The third kappa shape index (κ3) is 4.86. The van der Waals surface area contributed by atoms with Crippen molar-refractivity contribution in [3.8, 4) is 11.5 Å². The summed E-state index contributed by atoms with van der Waals surface area (Å²) in [4.78, 5) is 22.0. The van der Waals surface area contributed by atoms with E-state index >= 15 is 0 Å². The molecule has 1 saturated heterocycles. The topological polar surface area (TPSA) is 96.3 Å². The number of hydrogen-bond acceptors (Lipinski definition) is 5. The van der Waals surface area contributed by atoms with Gasteiger partial charge in [0.2, 0.25) is 5.91 Å². The second-order valence-electron chi connectivity index (χ2n) is 9.22. The molecule has 1 aliphatic carbocycles. The molecule has 1 aliphatic heterocycles. The first-order valence-corrected chi connectivity index (χ1v) is 11.7. The maximum atomic E-state index is 14.8. The number of nitrogens with zero attached hydrogens (tertiary/aromatic N) is 2. The number of nitrogens with one attached hydrogen (secondary N) is 2. The highest BCUT2D eigenvalue weighted by Crippen LogP contribution is 2.32. The van der Waals surface area contributed by atoms with Crippen LogP contribution in [0.2, 0.25) is 0 Å². The van der Waals surface area contributed by atoms with E-state index in [0.29, 0.717) is 29.0 Å². The summed E-state index contributed by atoms with van der Waals surface area (Å²) in [6.45, 7) is 3.38. The number of benzene rings is 1. The van der Waals surface area contributed by atoms with E-state index in [1.54, 1.807) is 24.4 Å². The minimum atomic E-state index is -0.688. The fourth-order valence-electron chi connectivity index (χ4n) is 4.57. The number of carbonyl (C=O) groups is 1. The molecule has 1 atom stereocenters. The largest absolute Gasteiger partial charge is 0.453 e. The number of H-pyrrole nitrogens is 1. The number of likely N-dealkylation sites (tertiary alicyclic amines) is 1. The van der Waals surface area contributed by atoms with Crippen LogP contribution in [-0.4, -0.2) is 52.0 Å². The van der Waals surface area contributed by atoms with E-state index in [4.69, 9.17) is 10.5 Å². The van der Waals surface area contributed by atoms with E-state index in [1.807, 2.05) is 18.0 Å². The fourth-order valence-corrected chi connectivity index (χ4v) is 4.57. The first-order chi connectivity index (χ1) is 16.0. The Morgan fingerprint density at radius 3 is 2.73 bits per heavy atom. The fraction of sp³-hybridized carbons (Fsp3) is 0.440. The van der Waals surface area contributed by atoms with Crippen LogP contribution in [0.3, 0.4) is 0 Å². The first-order valence-electron chi connectivity index (χ1n) is 11.7. The predicted octanol–water partition coefficient (Wildman–Crippen LogP) is 3.42. The lowest BCUT2D eigenvalue weighted by Gasteiger charge is -2.34. The zero-order valence-corrected chi connectivity index (χ0v) is 18.8. The van der Waals surface area contributed by atoms with E-state index < -0.39 is 11.9 Å². The second-order valence-corrected chi connectivity index (χ2v) is 9.22. The molecule has 2 fully saturated rings. The number of aryl methyl sites for hydroxylation is 1. The molecule has 5 rings (SSSR count). The molecule has 33 heavy (non-hydrogen) atoms. The number of hydrogen-bond donors (Lipinski definition) is 3. The molecule has 2 aromatic heterocycles. The standard InChI is InChI=1S/C25H30FN5O2/c1-15-14-29-24-23(15)22(6-9-28-24)33-21-5-2-16(12-19(21)26)13-20(27)25(32)31-10-7-18(8-11-31)30-17-3-4-17/h2,5-6,9,12,14,17-18,20,30H,3-4,7-8,10-11,13,27H2,1H3,(H,28,29). The number of rotatable bonds is 7. The average Bonchev–Trinajstić information content (AvgIpc) is 3.55. The van der Waals surface area contributed by atoms with Crippen LogP contribution in [-0.2, 0) is 11.2 Å². The van der Waals surface area contributed by atoms with Crippen LogP contribution in [0.4, 0.5) is 4.39 Å². The summed E-state index contributed by atoms with van der Waals surface area (Å²) in [5, 5.41) is 4.46. The van der Waals surface area contributed by atoms with Crippen LogP contribution in [0.25, 0.3) is 11.0 Å². The van der Waals surface area contributed by atoms with Gasteiger partial charge in [0.25, 0.3) is 0 Å². The molecule has 3 aromatic rings. The number of pyridine rings is 1. The van der Waals surface area contributed by atoms with E-state index in [1.165, 1.54) is 18.9 Å². The van der Waals surface area contributed by atoms with Crippen LogP contribution in [0.1, 0.15) is 36.8 Å². The minimum Gasteiger partial charge on any atom is -0.453 e. The van der Waals surface area contributed by atoms with Gasteiger partial charge in [-0.05, 0) is 68.4 Å². The molecule has 0 spiro atoms. The maximum absolute atomic E-state index is 14.8. The van der Waals surface area contributed by atoms with Gasteiger partial charge >= 0.3 is 0 Å². The smallest absolute Gasteiger partial charge is 0.239 e. The van der Waals surface area contributed by atoms with Crippen LogP contribution in [0, 0.1) is 12.7 Å². The van der Waals surface area contributed by atoms with Crippen LogP contribution >= 0.6 is 0 Å². The van der Waals surface area contributed by atoms with Crippen molar-refractivity contribution in [2.24, 2.45) is 5.73 Å². The first kappa shape index (κ1) is 21.9. The number of amides is 1. The SMILES string of the molecule is Cc1c[nH]c2nccc(Oc3ccc(CC(N)C(=O)N4CCC(NC5CC5)CC4)cc3F)c12. The monoisotopic (exact) mass is 451 g/mol. The normalized spacial score (nSPS) is 18.0. The number of fused-ring (bicyclic) bond motifs is 1. The highest BCUT2D eigenvalue weighted by atomic mass is 19.1.